The third kappa shape index (κ3) is 5.06. The van der Waals surface area contributed by atoms with Crippen molar-refractivity contribution < 1.29 is 18.7 Å². The van der Waals surface area contributed by atoms with Gasteiger partial charge in [0.25, 0.3) is 5.92 Å². The van der Waals surface area contributed by atoms with Crippen molar-refractivity contribution in [1.82, 2.24) is 4.90 Å². The van der Waals surface area contributed by atoms with E-state index in [1.54, 1.807) is 12.1 Å². The van der Waals surface area contributed by atoms with Gasteiger partial charge in [0.15, 0.2) is 0 Å². The second-order valence-corrected chi connectivity index (χ2v) is 5.02. The van der Waals surface area contributed by atoms with Crippen LogP contribution in [-0.4, -0.2) is 35.0 Å². The largest absolute Gasteiger partial charge is 0.481 e. The molecule has 3 nitrogen and oxygen atoms in total. The number of halogens is 3. The molecule has 1 aromatic carbocycles. The van der Waals surface area contributed by atoms with Crippen LogP contribution in [0.15, 0.2) is 24.3 Å². The summed E-state index contributed by atoms with van der Waals surface area (Å²) in [6.07, 6.45) is -0.148. The van der Waals surface area contributed by atoms with Crippen LogP contribution in [0.4, 0.5) is 8.78 Å². The lowest BCUT2D eigenvalue weighted by molar-refractivity contribution is -0.136. The summed E-state index contributed by atoms with van der Waals surface area (Å²) >= 11 is 0. The zero-order chi connectivity index (χ0) is 13.9. The third-order valence-corrected chi connectivity index (χ3v) is 3.37. The van der Waals surface area contributed by atoms with E-state index in [1.165, 1.54) is 0 Å². The van der Waals surface area contributed by atoms with Gasteiger partial charge >= 0.3 is 5.97 Å². The Morgan fingerprint density at radius 2 is 1.65 bits per heavy atom. The number of carbonyl (C=O) groups is 1. The summed E-state index contributed by atoms with van der Waals surface area (Å²) in [6.45, 7) is 1.46. The summed E-state index contributed by atoms with van der Waals surface area (Å²) in [6, 6.07) is 7.29. The highest BCUT2D eigenvalue weighted by Crippen LogP contribution is 2.28. The average Bonchev–Trinajstić information content (AvgIpc) is 2.34. The highest BCUT2D eigenvalue weighted by molar-refractivity contribution is 5.85. The van der Waals surface area contributed by atoms with E-state index in [1.807, 2.05) is 17.0 Å². The second-order valence-electron chi connectivity index (χ2n) is 5.02. The smallest absolute Gasteiger partial charge is 0.307 e. The fourth-order valence-corrected chi connectivity index (χ4v) is 2.23. The monoisotopic (exact) mass is 305 g/mol. The normalized spacial score (nSPS) is 18.3. The van der Waals surface area contributed by atoms with Gasteiger partial charge in [0, 0.05) is 32.5 Å². The van der Waals surface area contributed by atoms with Crippen LogP contribution in [0.5, 0.6) is 0 Å². The number of nitrogens with zero attached hydrogens (tertiary/aromatic N) is 1. The highest BCUT2D eigenvalue weighted by Gasteiger charge is 2.33. The quantitative estimate of drug-likeness (QED) is 0.930. The molecule has 1 aliphatic heterocycles. The molecular weight excluding hydrogens is 288 g/mol. The van der Waals surface area contributed by atoms with E-state index >= 15 is 0 Å². The van der Waals surface area contributed by atoms with E-state index in [9.17, 15) is 13.6 Å². The van der Waals surface area contributed by atoms with Crippen LogP contribution in [-0.2, 0) is 17.8 Å². The van der Waals surface area contributed by atoms with E-state index in [-0.39, 0.29) is 31.7 Å². The highest BCUT2D eigenvalue weighted by atomic mass is 35.5. The first-order chi connectivity index (χ1) is 8.94. The molecule has 2 rings (SSSR count). The van der Waals surface area contributed by atoms with Crippen LogP contribution in [0.1, 0.15) is 24.0 Å². The molecule has 1 heterocycles. The van der Waals surface area contributed by atoms with Crippen molar-refractivity contribution in [3.63, 3.8) is 0 Å². The van der Waals surface area contributed by atoms with E-state index < -0.39 is 11.9 Å². The first-order valence-electron chi connectivity index (χ1n) is 6.34. The zero-order valence-electron chi connectivity index (χ0n) is 11.0. The predicted octanol–water partition coefficient (Wildman–Crippen LogP) is 2.97. The molecule has 1 aliphatic rings. The van der Waals surface area contributed by atoms with Crippen LogP contribution in [0, 0.1) is 0 Å². The molecule has 0 radical (unpaired) electrons. The number of hydrogen-bond acceptors (Lipinski definition) is 2. The number of aliphatic carboxylic acids is 1. The summed E-state index contributed by atoms with van der Waals surface area (Å²) in [7, 11) is 0. The van der Waals surface area contributed by atoms with E-state index in [0.717, 1.165) is 11.1 Å². The second kappa shape index (κ2) is 6.99. The molecule has 0 atom stereocenters. The van der Waals surface area contributed by atoms with Crippen molar-refractivity contribution in [1.29, 1.82) is 0 Å². The molecule has 0 unspecified atom stereocenters. The molecule has 6 heteroatoms. The van der Waals surface area contributed by atoms with Crippen molar-refractivity contribution in [3.05, 3.63) is 35.4 Å². The van der Waals surface area contributed by atoms with Crippen molar-refractivity contribution in [2.24, 2.45) is 0 Å². The van der Waals surface area contributed by atoms with Gasteiger partial charge in [0.1, 0.15) is 0 Å². The average molecular weight is 306 g/mol. The summed E-state index contributed by atoms with van der Waals surface area (Å²) in [5.74, 6) is -3.37. The number of likely N-dealkylation sites (tertiary alicyclic amines) is 1. The Kier molecular flexibility index (Phi) is 5.89. The van der Waals surface area contributed by atoms with Gasteiger partial charge in [-0.2, -0.15) is 0 Å². The Bertz CT molecular complexity index is 441. The van der Waals surface area contributed by atoms with E-state index in [4.69, 9.17) is 5.11 Å². The van der Waals surface area contributed by atoms with Crippen molar-refractivity contribution >= 4 is 18.4 Å². The molecule has 112 valence electrons. The molecule has 1 fully saturated rings. The number of hydrogen-bond donors (Lipinski definition) is 1. The van der Waals surface area contributed by atoms with Crippen LogP contribution in [0.3, 0.4) is 0 Å². The first kappa shape index (κ1) is 16.9. The maximum atomic E-state index is 13.0. The number of piperidine rings is 1. The minimum Gasteiger partial charge on any atom is -0.481 e. The lowest BCUT2D eigenvalue weighted by atomic mass is 10.0. The molecule has 0 saturated carbocycles. The van der Waals surface area contributed by atoms with Gasteiger partial charge < -0.3 is 5.11 Å². The summed E-state index contributed by atoms with van der Waals surface area (Å²) in [5, 5.41) is 8.67. The molecule has 0 aliphatic carbocycles. The molecule has 20 heavy (non-hydrogen) atoms. The SMILES string of the molecule is Cl.O=C(O)Cc1ccc(CN2CCC(F)(F)CC2)cc1. The van der Waals surface area contributed by atoms with Gasteiger partial charge in [-0.3, -0.25) is 9.69 Å². The fraction of sp³-hybridized carbons (Fsp3) is 0.500. The summed E-state index contributed by atoms with van der Waals surface area (Å²) < 4.78 is 26.0. The van der Waals surface area contributed by atoms with Gasteiger partial charge in [-0.05, 0) is 11.1 Å². The van der Waals surface area contributed by atoms with Crippen LogP contribution < -0.4 is 0 Å². The van der Waals surface area contributed by atoms with Crippen LogP contribution in [0.2, 0.25) is 0 Å². The minimum absolute atomic E-state index is 0. The Balaban J connectivity index is 0.00000200. The number of carboxylic acid groups (broad SMARTS) is 1. The zero-order valence-corrected chi connectivity index (χ0v) is 11.8. The van der Waals surface area contributed by atoms with E-state index in [2.05, 4.69) is 0 Å². The van der Waals surface area contributed by atoms with Crippen LogP contribution in [0.25, 0.3) is 0 Å². The Hall–Kier alpha value is -1.20. The Morgan fingerprint density at radius 1 is 1.15 bits per heavy atom. The molecular formula is C14H18ClF2NO2. The molecule has 1 N–H and O–H groups in total. The summed E-state index contributed by atoms with van der Waals surface area (Å²) in [4.78, 5) is 12.6. The minimum atomic E-state index is -2.51. The Morgan fingerprint density at radius 3 is 2.15 bits per heavy atom. The number of carboxylic acids is 1. The Labute approximate surface area is 123 Å². The first-order valence-corrected chi connectivity index (χ1v) is 6.34. The molecule has 0 bridgehead atoms. The van der Waals surface area contributed by atoms with Gasteiger partial charge in [-0.1, -0.05) is 24.3 Å². The van der Waals surface area contributed by atoms with E-state index in [0.29, 0.717) is 19.6 Å². The van der Waals surface area contributed by atoms with Gasteiger partial charge in [0.05, 0.1) is 6.42 Å². The maximum absolute atomic E-state index is 13.0. The molecule has 0 aromatic heterocycles. The molecule has 1 saturated heterocycles. The molecule has 0 spiro atoms. The van der Waals surface area contributed by atoms with Crippen molar-refractivity contribution in [2.75, 3.05) is 13.1 Å². The molecule has 0 amide bonds. The summed E-state index contributed by atoms with van der Waals surface area (Å²) in [5.41, 5.74) is 1.78. The predicted molar refractivity (Wildman–Crippen MR) is 74.5 cm³/mol. The maximum Gasteiger partial charge on any atom is 0.307 e. The standard InChI is InChI=1S/C14H17F2NO2.ClH/c15-14(16)5-7-17(8-6-14)10-12-3-1-11(2-4-12)9-13(18)19;/h1-4H,5-10H2,(H,18,19);1H. The fourth-order valence-electron chi connectivity index (χ4n) is 2.23. The van der Waals surface area contributed by atoms with Crippen molar-refractivity contribution in [2.45, 2.75) is 31.7 Å². The topological polar surface area (TPSA) is 40.5 Å². The lowest BCUT2D eigenvalue weighted by Gasteiger charge is -2.31. The molecule has 1 aromatic rings. The van der Waals surface area contributed by atoms with Gasteiger partial charge in [-0.25, -0.2) is 8.78 Å². The number of benzene rings is 1. The van der Waals surface area contributed by atoms with Crippen molar-refractivity contribution in [3.8, 4) is 0 Å². The van der Waals surface area contributed by atoms with Gasteiger partial charge in [-0.15, -0.1) is 12.4 Å². The third-order valence-electron chi connectivity index (χ3n) is 3.37. The number of rotatable bonds is 4. The lowest BCUT2D eigenvalue weighted by Crippen LogP contribution is -2.38. The van der Waals surface area contributed by atoms with Crippen LogP contribution >= 0.6 is 12.4 Å². The number of alkyl halides is 2. The van der Waals surface area contributed by atoms with Gasteiger partial charge in [0.2, 0.25) is 0 Å².